The number of amides is 2. The summed E-state index contributed by atoms with van der Waals surface area (Å²) in [5.74, 6) is 0.998. The van der Waals surface area contributed by atoms with Gasteiger partial charge in [0, 0.05) is 44.1 Å². The summed E-state index contributed by atoms with van der Waals surface area (Å²) in [7, 11) is 1.64. The summed E-state index contributed by atoms with van der Waals surface area (Å²) >= 11 is 0. The van der Waals surface area contributed by atoms with Crippen LogP contribution in [0.5, 0.6) is 0 Å². The minimum Gasteiger partial charge on any atom is -0.361 e. The zero-order valence-corrected chi connectivity index (χ0v) is 14.9. The smallest absolute Gasteiger partial charge is 0.228 e. The van der Waals surface area contributed by atoms with Crippen LogP contribution in [0.1, 0.15) is 25.0 Å². The number of rotatable bonds is 5. The van der Waals surface area contributed by atoms with Gasteiger partial charge in [-0.15, -0.1) is 0 Å². The molecule has 0 unspecified atom stereocenters. The van der Waals surface area contributed by atoms with Crippen molar-refractivity contribution in [1.82, 2.24) is 15.4 Å². The highest BCUT2D eigenvalue weighted by molar-refractivity contribution is 5.86. The third-order valence-corrected chi connectivity index (χ3v) is 5.44. The van der Waals surface area contributed by atoms with Crippen LogP contribution in [0.4, 0.5) is 0 Å². The van der Waals surface area contributed by atoms with Crippen molar-refractivity contribution in [3.63, 3.8) is 0 Å². The molecular weight excluding hydrogens is 330 g/mol. The van der Waals surface area contributed by atoms with Crippen molar-refractivity contribution in [2.24, 2.45) is 11.3 Å². The van der Waals surface area contributed by atoms with E-state index in [2.05, 4.69) is 10.5 Å². The van der Waals surface area contributed by atoms with Gasteiger partial charge in [-0.1, -0.05) is 35.5 Å². The molecule has 1 saturated heterocycles. The summed E-state index contributed by atoms with van der Waals surface area (Å²) in [6.07, 6.45) is 3.04. The summed E-state index contributed by atoms with van der Waals surface area (Å²) in [6, 6.07) is 11.7. The Bertz CT molecular complexity index is 813. The highest BCUT2D eigenvalue weighted by Gasteiger charge is 2.48. The molecule has 6 heteroatoms. The molecule has 1 atom stereocenters. The fourth-order valence-electron chi connectivity index (χ4n) is 3.80. The zero-order valence-electron chi connectivity index (χ0n) is 14.9. The molecule has 2 aromatic rings. The first-order valence-electron chi connectivity index (χ1n) is 9.13. The lowest BCUT2D eigenvalue weighted by Crippen LogP contribution is -2.44. The molecule has 2 aliphatic rings. The minimum absolute atomic E-state index is 0.0405. The van der Waals surface area contributed by atoms with Gasteiger partial charge >= 0.3 is 0 Å². The van der Waals surface area contributed by atoms with Crippen molar-refractivity contribution in [3.8, 4) is 11.3 Å². The van der Waals surface area contributed by atoms with Gasteiger partial charge in [0.2, 0.25) is 11.8 Å². The van der Waals surface area contributed by atoms with Crippen molar-refractivity contribution in [2.75, 3.05) is 20.1 Å². The topological polar surface area (TPSA) is 75.4 Å². The third kappa shape index (κ3) is 3.11. The first-order valence-corrected chi connectivity index (χ1v) is 9.13. The fraction of sp³-hybridized carbons (Fsp3) is 0.450. The van der Waals surface area contributed by atoms with Crippen molar-refractivity contribution < 1.29 is 14.1 Å². The largest absolute Gasteiger partial charge is 0.361 e. The summed E-state index contributed by atoms with van der Waals surface area (Å²) in [5.41, 5.74) is 1.09. The number of hydrogen-bond acceptors (Lipinski definition) is 4. The number of nitrogens with zero attached hydrogens (tertiary/aromatic N) is 2. The summed E-state index contributed by atoms with van der Waals surface area (Å²) in [6.45, 7) is 1.08. The van der Waals surface area contributed by atoms with Gasteiger partial charge in [0.15, 0.2) is 0 Å². The Kier molecular flexibility index (Phi) is 4.26. The van der Waals surface area contributed by atoms with Crippen molar-refractivity contribution in [1.29, 1.82) is 0 Å². The molecule has 0 radical (unpaired) electrons. The van der Waals surface area contributed by atoms with Crippen LogP contribution in [0.3, 0.4) is 0 Å². The van der Waals surface area contributed by atoms with Gasteiger partial charge in [-0.05, 0) is 19.3 Å². The predicted octanol–water partition coefficient (Wildman–Crippen LogP) is 2.26. The molecule has 2 fully saturated rings. The quantitative estimate of drug-likeness (QED) is 0.895. The molecule has 136 valence electrons. The van der Waals surface area contributed by atoms with E-state index in [4.69, 9.17) is 4.52 Å². The van der Waals surface area contributed by atoms with E-state index < -0.39 is 5.41 Å². The van der Waals surface area contributed by atoms with E-state index in [1.165, 1.54) is 0 Å². The lowest BCUT2D eigenvalue weighted by Gasteiger charge is -2.26. The van der Waals surface area contributed by atoms with Crippen LogP contribution in [-0.4, -0.2) is 42.0 Å². The minimum atomic E-state index is -0.646. The third-order valence-electron chi connectivity index (χ3n) is 5.44. The summed E-state index contributed by atoms with van der Waals surface area (Å²) < 4.78 is 5.52. The van der Waals surface area contributed by atoms with Crippen LogP contribution in [-0.2, 0) is 16.0 Å². The predicted molar refractivity (Wildman–Crippen MR) is 96.1 cm³/mol. The van der Waals surface area contributed by atoms with Gasteiger partial charge in [-0.25, -0.2) is 0 Å². The average molecular weight is 353 g/mol. The first-order chi connectivity index (χ1) is 12.6. The summed E-state index contributed by atoms with van der Waals surface area (Å²) in [4.78, 5) is 26.9. The van der Waals surface area contributed by atoms with Gasteiger partial charge in [-0.3, -0.25) is 9.59 Å². The molecule has 1 aromatic carbocycles. The lowest BCUT2D eigenvalue weighted by molar-refractivity contribution is -0.134. The molecule has 1 aliphatic carbocycles. The second-order valence-corrected chi connectivity index (χ2v) is 7.36. The fourth-order valence-corrected chi connectivity index (χ4v) is 3.80. The molecular formula is C20H23N3O3. The Morgan fingerprint density at radius 2 is 2.08 bits per heavy atom. The number of carbonyl (C=O) groups is 2. The molecule has 0 spiro atoms. The number of carbonyl (C=O) groups excluding carboxylic acids is 2. The van der Waals surface area contributed by atoms with Crippen molar-refractivity contribution in [2.45, 2.75) is 25.7 Å². The van der Waals surface area contributed by atoms with E-state index in [0.717, 1.165) is 24.1 Å². The number of nitrogens with one attached hydrogen (secondary N) is 1. The molecule has 6 nitrogen and oxygen atoms in total. The molecule has 1 saturated carbocycles. The molecule has 1 aromatic heterocycles. The Morgan fingerprint density at radius 3 is 2.77 bits per heavy atom. The second-order valence-electron chi connectivity index (χ2n) is 7.36. The van der Waals surface area contributed by atoms with Gasteiger partial charge < -0.3 is 14.7 Å². The Hall–Kier alpha value is -2.63. The van der Waals surface area contributed by atoms with Gasteiger partial charge in [0.1, 0.15) is 11.5 Å². The Morgan fingerprint density at radius 1 is 1.31 bits per heavy atom. The highest BCUT2D eigenvalue weighted by atomic mass is 16.5. The number of benzene rings is 1. The molecule has 0 bridgehead atoms. The molecule has 1 N–H and O–H groups in total. The molecule has 4 rings (SSSR count). The maximum absolute atomic E-state index is 12.7. The van der Waals surface area contributed by atoms with Crippen LogP contribution in [0.15, 0.2) is 40.9 Å². The van der Waals surface area contributed by atoms with Crippen LogP contribution in [0, 0.1) is 11.3 Å². The van der Waals surface area contributed by atoms with Crippen LogP contribution < -0.4 is 5.32 Å². The number of hydrogen-bond donors (Lipinski definition) is 1. The van der Waals surface area contributed by atoms with Gasteiger partial charge in [0.25, 0.3) is 0 Å². The van der Waals surface area contributed by atoms with Gasteiger partial charge in [-0.2, -0.15) is 0 Å². The first kappa shape index (κ1) is 16.8. The van der Waals surface area contributed by atoms with Crippen molar-refractivity contribution in [3.05, 3.63) is 42.2 Å². The molecule has 1 aliphatic heterocycles. The molecule has 26 heavy (non-hydrogen) atoms. The highest BCUT2D eigenvalue weighted by Crippen LogP contribution is 2.39. The van der Waals surface area contributed by atoms with Crippen LogP contribution in [0.2, 0.25) is 0 Å². The maximum Gasteiger partial charge on any atom is 0.228 e. The van der Waals surface area contributed by atoms with Gasteiger partial charge in [0.05, 0.1) is 5.41 Å². The second kappa shape index (κ2) is 6.59. The van der Waals surface area contributed by atoms with E-state index in [-0.39, 0.29) is 17.7 Å². The van der Waals surface area contributed by atoms with E-state index in [1.54, 1.807) is 7.05 Å². The SMILES string of the molecule is CNC(=O)[C@]1(Cc2cc(-c3ccccc3)no2)CCN(C(=O)C2CC2)C1. The number of aromatic nitrogens is 1. The summed E-state index contributed by atoms with van der Waals surface area (Å²) in [5, 5.41) is 6.92. The standard InChI is InChI=1S/C20H23N3O3/c1-21-19(25)20(9-10-23(13-20)18(24)15-7-8-15)12-16-11-17(22-26-16)14-5-3-2-4-6-14/h2-6,11,15H,7-10,12-13H2,1H3,(H,21,25)/t20-/m0/s1. The zero-order chi connectivity index (χ0) is 18.1. The van der Waals surface area contributed by atoms with Crippen LogP contribution >= 0.6 is 0 Å². The van der Waals surface area contributed by atoms with E-state index in [9.17, 15) is 9.59 Å². The number of likely N-dealkylation sites (tertiary alicyclic amines) is 1. The van der Waals surface area contributed by atoms with Crippen LogP contribution in [0.25, 0.3) is 11.3 Å². The molecule has 2 amide bonds. The van der Waals surface area contributed by atoms with E-state index in [0.29, 0.717) is 31.7 Å². The monoisotopic (exact) mass is 353 g/mol. The van der Waals surface area contributed by atoms with Crippen molar-refractivity contribution >= 4 is 11.8 Å². The normalized spacial score (nSPS) is 22.4. The lowest BCUT2D eigenvalue weighted by atomic mass is 9.81. The Labute approximate surface area is 152 Å². The van der Waals surface area contributed by atoms with E-state index in [1.807, 2.05) is 41.3 Å². The van der Waals surface area contributed by atoms with E-state index >= 15 is 0 Å². The average Bonchev–Trinajstić information content (AvgIpc) is 3.28. The molecule has 2 heterocycles. The Balaban J connectivity index is 1.54. The maximum atomic E-state index is 12.7.